The fraction of sp³-hybridized carbons (Fsp3) is 0.303. The van der Waals surface area contributed by atoms with Crippen LogP contribution in [-0.2, 0) is 0 Å². The second-order valence-electron chi connectivity index (χ2n) is 10.6. The molecule has 41 heavy (non-hydrogen) atoms. The van der Waals surface area contributed by atoms with Crippen molar-refractivity contribution in [1.29, 1.82) is 0 Å². The molecule has 2 fully saturated rings. The number of amides is 1. The summed E-state index contributed by atoms with van der Waals surface area (Å²) in [5.74, 6) is 7.46. The third kappa shape index (κ3) is 6.87. The Morgan fingerprint density at radius 1 is 0.805 bits per heavy atom. The van der Waals surface area contributed by atoms with E-state index in [2.05, 4.69) is 42.7 Å². The van der Waals surface area contributed by atoms with Gasteiger partial charge in [0.2, 0.25) is 5.95 Å². The Kier molecular flexibility index (Phi) is 8.13. The minimum absolute atomic E-state index is 0.0667. The maximum Gasteiger partial charge on any atom is 0.251 e. The number of carbonyl (C=O) groups is 1. The zero-order valence-corrected chi connectivity index (χ0v) is 22.9. The van der Waals surface area contributed by atoms with Crippen molar-refractivity contribution in [3.63, 3.8) is 0 Å². The first-order chi connectivity index (χ1) is 20.2. The Labute approximate surface area is 240 Å². The van der Waals surface area contributed by atoms with Gasteiger partial charge in [0.1, 0.15) is 11.5 Å². The van der Waals surface area contributed by atoms with E-state index in [0.717, 1.165) is 54.0 Å². The standard InChI is InChI=1S/C33H33N7O/c41-32(38-26-9-6-10-26)24-18-20-34-28(21-24)17-14-23-12-15-27(16-13-23)39-33-36-22-29(30-11-4-5-19-35-30)31(40-33)37-25-7-2-1-3-8-25/h4-5,11-13,15-16,18-22,25-26H,1-3,6-10H2,(H,38,41)(H2,36,37,39,40). The second-order valence-corrected chi connectivity index (χ2v) is 10.6. The number of hydrogen-bond donors (Lipinski definition) is 3. The van der Waals surface area contributed by atoms with Gasteiger partial charge in [0, 0.05) is 47.5 Å². The highest BCUT2D eigenvalue weighted by Crippen LogP contribution is 2.29. The van der Waals surface area contributed by atoms with Crippen molar-refractivity contribution in [2.24, 2.45) is 0 Å². The zero-order chi connectivity index (χ0) is 27.9. The van der Waals surface area contributed by atoms with E-state index in [1.807, 2.05) is 48.7 Å². The van der Waals surface area contributed by atoms with Crippen molar-refractivity contribution < 1.29 is 4.79 Å². The molecular formula is C33H33N7O. The van der Waals surface area contributed by atoms with Gasteiger partial charge in [-0.15, -0.1) is 0 Å². The molecule has 8 nitrogen and oxygen atoms in total. The van der Waals surface area contributed by atoms with Crippen molar-refractivity contribution in [1.82, 2.24) is 25.3 Å². The molecule has 0 atom stereocenters. The van der Waals surface area contributed by atoms with Gasteiger partial charge in [0.05, 0.1) is 11.3 Å². The largest absolute Gasteiger partial charge is 0.367 e. The van der Waals surface area contributed by atoms with E-state index in [4.69, 9.17) is 4.98 Å². The van der Waals surface area contributed by atoms with E-state index < -0.39 is 0 Å². The summed E-state index contributed by atoms with van der Waals surface area (Å²) < 4.78 is 0. The molecule has 2 saturated carbocycles. The van der Waals surface area contributed by atoms with Gasteiger partial charge in [-0.2, -0.15) is 4.98 Å². The molecule has 2 aliphatic carbocycles. The number of pyridine rings is 2. The lowest BCUT2D eigenvalue weighted by Crippen LogP contribution is -2.39. The first-order valence-corrected chi connectivity index (χ1v) is 14.4. The maximum atomic E-state index is 12.5. The number of hydrogen-bond acceptors (Lipinski definition) is 7. The summed E-state index contributed by atoms with van der Waals surface area (Å²) in [6.45, 7) is 0. The van der Waals surface area contributed by atoms with Crippen LogP contribution >= 0.6 is 0 Å². The van der Waals surface area contributed by atoms with Crippen LogP contribution in [0.4, 0.5) is 17.5 Å². The van der Waals surface area contributed by atoms with Crippen LogP contribution in [0.2, 0.25) is 0 Å². The van der Waals surface area contributed by atoms with E-state index in [1.165, 1.54) is 25.7 Å². The molecule has 0 saturated heterocycles. The summed E-state index contributed by atoms with van der Waals surface area (Å²) in [5, 5.41) is 10.0. The van der Waals surface area contributed by atoms with Crippen LogP contribution in [-0.4, -0.2) is 37.9 Å². The zero-order valence-electron chi connectivity index (χ0n) is 22.9. The van der Waals surface area contributed by atoms with Crippen LogP contribution in [0.5, 0.6) is 0 Å². The number of carbonyl (C=O) groups excluding carboxylic acids is 1. The van der Waals surface area contributed by atoms with Crippen molar-refractivity contribution >= 4 is 23.4 Å². The average Bonchev–Trinajstić information content (AvgIpc) is 3.00. The number of aromatic nitrogens is 4. The SMILES string of the molecule is O=C(NC1CCC1)c1ccnc(C#Cc2ccc(Nc3ncc(-c4ccccn4)c(NC4CCCCC4)n3)cc2)c1. The predicted octanol–water partition coefficient (Wildman–Crippen LogP) is 6.10. The van der Waals surface area contributed by atoms with Crippen LogP contribution in [0.3, 0.4) is 0 Å². The fourth-order valence-electron chi connectivity index (χ4n) is 5.07. The van der Waals surface area contributed by atoms with E-state index in [-0.39, 0.29) is 5.91 Å². The number of nitrogens with zero attached hydrogens (tertiary/aromatic N) is 4. The van der Waals surface area contributed by atoms with Crippen LogP contribution < -0.4 is 16.0 Å². The minimum atomic E-state index is -0.0667. The monoisotopic (exact) mass is 543 g/mol. The summed E-state index contributed by atoms with van der Waals surface area (Å²) in [6, 6.07) is 17.8. The van der Waals surface area contributed by atoms with Gasteiger partial charge in [0.15, 0.2) is 0 Å². The van der Waals surface area contributed by atoms with Gasteiger partial charge in [-0.1, -0.05) is 31.2 Å². The Morgan fingerprint density at radius 2 is 1.63 bits per heavy atom. The van der Waals surface area contributed by atoms with Crippen molar-refractivity contribution in [2.75, 3.05) is 10.6 Å². The molecule has 0 spiro atoms. The molecule has 4 aromatic rings. The van der Waals surface area contributed by atoms with Gasteiger partial charge in [-0.05, 0) is 86.6 Å². The number of rotatable bonds is 7. The Bertz CT molecular complexity index is 1550. The normalized spacial score (nSPS) is 15.2. The molecule has 3 N–H and O–H groups in total. The highest BCUT2D eigenvalue weighted by atomic mass is 16.1. The predicted molar refractivity (Wildman–Crippen MR) is 161 cm³/mol. The van der Waals surface area contributed by atoms with Gasteiger partial charge in [-0.25, -0.2) is 9.97 Å². The molecule has 206 valence electrons. The highest BCUT2D eigenvalue weighted by molar-refractivity contribution is 5.94. The van der Waals surface area contributed by atoms with E-state index in [1.54, 1.807) is 24.5 Å². The molecule has 0 bridgehead atoms. The summed E-state index contributed by atoms with van der Waals surface area (Å²) in [7, 11) is 0. The van der Waals surface area contributed by atoms with Gasteiger partial charge in [-0.3, -0.25) is 9.78 Å². The minimum Gasteiger partial charge on any atom is -0.367 e. The number of anilines is 3. The van der Waals surface area contributed by atoms with Crippen molar-refractivity contribution in [2.45, 2.75) is 63.5 Å². The molecule has 8 heteroatoms. The van der Waals surface area contributed by atoms with Gasteiger partial charge in [0.25, 0.3) is 5.91 Å². The van der Waals surface area contributed by atoms with Gasteiger partial charge < -0.3 is 16.0 Å². The van der Waals surface area contributed by atoms with E-state index >= 15 is 0 Å². The molecular weight excluding hydrogens is 510 g/mol. The van der Waals surface area contributed by atoms with Crippen molar-refractivity contribution in [3.05, 3.63) is 90.0 Å². The lowest BCUT2D eigenvalue weighted by molar-refractivity contribution is 0.0917. The maximum absolute atomic E-state index is 12.5. The molecule has 0 aliphatic heterocycles. The fourth-order valence-corrected chi connectivity index (χ4v) is 5.07. The van der Waals surface area contributed by atoms with E-state index in [9.17, 15) is 4.79 Å². The Hall–Kier alpha value is -4.77. The Balaban J connectivity index is 1.14. The molecule has 0 unspecified atom stereocenters. The smallest absolute Gasteiger partial charge is 0.251 e. The third-order valence-electron chi connectivity index (χ3n) is 7.61. The first-order valence-electron chi connectivity index (χ1n) is 14.4. The van der Waals surface area contributed by atoms with Crippen LogP contribution in [0.15, 0.2) is 73.2 Å². The highest BCUT2D eigenvalue weighted by Gasteiger charge is 2.20. The van der Waals surface area contributed by atoms with Gasteiger partial charge >= 0.3 is 0 Å². The molecule has 1 amide bonds. The molecule has 3 heterocycles. The molecule has 3 aromatic heterocycles. The summed E-state index contributed by atoms with van der Waals surface area (Å²) in [5.41, 5.74) is 4.59. The first kappa shape index (κ1) is 26.5. The summed E-state index contributed by atoms with van der Waals surface area (Å²) in [6.07, 6.45) is 14.6. The lowest BCUT2D eigenvalue weighted by Gasteiger charge is -2.26. The number of nitrogens with one attached hydrogen (secondary N) is 3. The topological polar surface area (TPSA) is 105 Å². The quantitative estimate of drug-likeness (QED) is 0.242. The van der Waals surface area contributed by atoms with Crippen LogP contribution in [0, 0.1) is 11.8 Å². The van der Waals surface area contributed by atoms with E-state index in [0.29, 0.717) is 29.3 Å². The molecule has 2 aliphatic rings. The lowest BCUT2D eigenvalue weighted by atomic mass is 9.93. The third-order valence-corrected chi connectivity index (χ3v) is 7.61. The number of benzene rings is 1. The summed E-state index contributed by atoms with van der Waals surface area (Å²) >= 11 is 0. The molecule has 6 rings (SSSR count). The summed E-state index contributed by atoms with van der Waals surface area (Å²) in [4.78, 5) is 30.7. The van der Waals surface area contributed by atoms with Crippen molar-refractivity contribution in [3.8, 4) is 23.1 Å². The second kappa shape index (κ2) is 12.6. The van der Waals surface area contributed by atoms with Crippen LogP contribution in [0.1, 0.15) is 73.0 Å². The average molecular weight is 544 g/mol. The molecule has 0 radical (unpaired) electrons. The Morgan fingerprint density at radius 3 is 2.39 bits per heavy atom. The molecule has 1 aromatic carbocycles. The van der Waals surface area contributed by atoms with Crippen LogP contribution in [0.25, 0.3) is 11.3 Å².